The third-order valence-electron chi connectivity index (χ3n) is 1.49. The van der Waals surface area contributed by atoms with Crippen LogP contribution in [0.25, 0.3) is 0 Å². The molecule has 0 radical (unpaired) electrons. The normalized spacial score (nSPS) is 9.79. The topological polar surface area (TPSA) is 101 Å². The lowest BCUT2D eigenvalue weighted by Gasteiger charge is -2.00. The molecule has 14 heavy (non-hydrogen) atoms. The highest BCUT2D eigenvalue weighted by molar-refractivity contribution is 6.33. The second-order valence-corrected chi connectivity index (χ2v) is 2.79. The fourth-order valence-electron chi connectivity index (χ4n) is 0.863. The van der Waals surface area contributed by atoms with Crippen molar-refractivity contribution >= 4 is 23.3 Å². The first-order valence-electron chi connectivity index (χ1n) is 3.33. The van der Waals surface area contributed by atoms with Gasteiger partial charge in [0.05, 0.1) is 4.92 Å². The summed E-state index contributed by atoms with van der Waals surface area (Å²) in [6.07, 6.45) is 0. The van der Waals surface area contributed by atoms with E-state index in [-0.39, 0.29) is 5.02 Å². The van der Waals surface area contributed by atoms with E-state index in [1.807, 2.05) is 0 Å². The minimum absolute atomic E-state index is 0.308. The monoisotopic (exact) mass is 217 g/mol. The van der Waals surface area contributed by atoms with Crippen LogP contribution in [-0.4, -0.2) is 21.1 Å². The van der Waals surface area contributed by atoms with Crippen LogP contribution in [0.2, 0.25) is 5.02 Å². The van der Waals surface area contributed by atoms with Crippen molar-refractivity contribution in [2.24, 2.45) is 0 Å². The summed E-state index contributed by atoms with van der Waals surface area (Å²) in [6.45, 7) is 0. The van der Waals surface area contributed by atoms with Crippen molar-refractivity contribution in [3.05, 3.63) is 32.8 Å². The Labute approximate surface area is 82.5 Å². The highest BCUT2D eigenvalue weighted by Crippen LogP contribution is 2.31. The van der Waals surface area contributed by atoms with Crippen molar-refractivity contribution in [2.75, 3.05) is 0 Å². The number of halogens is 1. The van der Waals surface area contributed by atoms with E-state index in [9.17, 15) is 14.9 Å². The molecular formula is C7H4ClNO5. The maximum absolute atomic E-state index is 10.5. The number of aromatic hydroxyl groups is 1. The summed E-state index contributed by atoms with van der Waals surface area (Å²) in [5.41, 5.74) is -1.11. The predicted octanol–water partition coefficient (Wildman–Crippen LogP) is 1.65. The molecule has 1 rings (SSSR count). The van der Waals surface area contributed by atoms with Gasteiger partial charge >= 0.3 is 5.97 Å². The number of aromatic carboxylic acids is 1. The van der Waals surface area contributed by atoms with Gasteiger partial charge in [0.15, 0.2) is 0 Å². The Bertz CT molecular complexity index is 382. The van der Waals surface area contributed by atoms with Crippen LogP contribution < -0.4 is 0 Å². The number of nitro groups is 1. The van der Waals surface area contributed by atoms with Gasteiger partial charge in [-0.2, -0.15) is 0 Å². The van der Waals surface area contributed by atoms with E-state index in [4.69, 9.17) is 21.8 Å². The summed E-state index contributed by atoms with van der Waals surface area (Å²) >= 11 is 5.41. The Morgan fingerprint density at radius 2 is 2.07 bits per heavy atom. The fraction of sp³-hybridized carbons (Fsp3) is 0. The third kappa shape index (κ3) is 1.74. The molecule has 0 spiro atoms. The zero-order chi connectivity index (χ0) is 10.9. The highest BCUT2D eigenvalue weighted by Gasteiger charge is 2.19. The Kier molecular flexibility index (Phi) is 2.57. The molecule has 0 amide bonds. The molecule has 0 fully saturated rings. The van der Waals surface area contributed by atoms with Crippen LogP contribution in [0.5, 0.6) is 5.75 Å². The van der Waals surface area contributed by atoms with Gasteiger partial charge in [0.25, 0.3) is 5.69 Å². The van der Waals surface area contributed by atoms with Crippen LogP contribution in [0.15, 0.2) is 12.1 Å². The largest absolute Gasteiger partial charge is 0.507 e. The van der Waals surface area contributed by atoms with Crippen molar-refractivity contribution in [3.8, 4) is 5.75 Å². The number of carboxylic acid groups (broad SMARTS) is 1. The lowest BCUT2D eigenvalue weighted by Crippen LogP contribution is -1.99. The van der Waals surface area contributed by atoms with Gasteiger partial charge in [0, 0.05) is 12.1 Å². The molecule has 0 unspecified atom stereocenters. The standard InChI is InChI=1S/C7H4ClNO5/c8-4-2-6(10)3(7(11)12)1-5(4)9(13)14/h1-2,10H,(H,11,12). The first kappa shape index (κ1) is 10.3. The lowest BCUT2D eigenvalue weighted by molar-refractivity contribution is -0.384. The van der Waals surface area contributed by atoms with Crippen molar-refractivity contribution in [2.45, 2.75) is 0 Å². The van der Waals surface area contributed by atoms with Crippen LogP contribution in [0, 0.1) is 10.1 Å². The number of carboxylic acids is 1. The van der Waals surface area contributed by atoms with E-state index >= 15 is 0 Å². The van der Waals surface area contributed by atoms with Crippen molar-refractivity contribution < 1.29 is 19.9 Å². The van der Waals surface area contributed by atoms with Gasteiger partial charge in [-0.15, -0.1) is 0 Å². The van der Waals surface area contributed by atoms with E-state index in [1.54, 1.807) is 0 Å². The van der Waals surface area contributed by atoms with Crippen molar-refractivity contribution in [1.29, 1.82) is 0 Å². The smallest absolute Gasteiger partial charge is 0.339 e. The van der Waals surface area contributed by atoms with Crippen LogP contribution in [0.4, 0.5) is 5.69 Å². The van der Waals surface area contributed by atoms with Gasteiger partial charge in [0.1, 0.15) is 16.3 Å². The summed E-state index contributed by atoms with van der Waals surface area (Å²) in [7, 11) is 0. The maximum Gasteiger partial charge on any atom is 0.339 e. The number of hydrogen-bond donors (Lipinski definition) is 2. The van der Waals surface area contributed by atoms with Crippen LogP contribution in [-0.2, 0) is 0 Å². The van der Waals surface area contributed by atoms with E-state index in [2.05, 4.69) is 0 Å². The zero-order valence-electron chi connectivity index (χ0n) is 6.60. The first-order valence-corrected chi connectivity index (χ1v) is 3.71. The Hall–Kier alpha value is -1.82. The number of nitrogens with zero attached hydrogens (tertiary/aromatic N) is 1. The average molecular weight is 218 g/mol. The van der Waals surface area contributed by atoms with Gasteiger partial charge in [0.2, 0.25) is 0 Å². The van der Waals surface area contributed by atoms with Crippen molar-refractivity contribution in [3.63, 3.8) is 0 Å². The zero-order valence-corrected chi connectivity index (χ0v) is 7.35. The Balaban J connectivity index is 3.42. The molecule has 0 aromatic heterocycles. The predicted molar refractivity (Wildman–Crippen MR) is 46.7 cm³/mol. The van der Waals surface area contributed by atoms with E-state index in [0.717, 1.165) is 6.07 Å². The van der Waals surface area contributed by atoms with E-state index in [0.29, 0.717) is 6.07 Å². The van der Waals surface area contributed by atoms with E-state index in [1.165, 1.54) is 0 Å². The number of rotatable bonds is 2. The molecule has 7 heteroatoms. The molecule has 2 N–H and O–H groups in total. The summed E-state index contributed by atoms with van der Waals surface area (Å²) in [6, 6.07) is 1.53. The first-order chi connectivity index (χ1) is 6.43. The van der Waals surface area contributed by atoms with Gasteiger partial charge < -0.3 is 10.2 Å². The second-order valence-electron chi connectivity index (χ2n) is 2.38. The molecule has 0 bridgehead atoms. The summed E-state index contributed by atoms with van der Waals surface area (Å²) < 4.78 is 0. The molecule has 1 aromatic rings. The fourth-order valence-corrected chi connectivity index (χ4v) is 1.09. The SMILES string of the molecule is O=C(O)c1cc([N+](=O)[O-])c(Cl)cc1O. The summed E-state index contributed by atoms with van der Waals surface area (Å²) in [5, 5.41) is 27.7. The molecule has 0 atom stereocenters. The molecule has 74 valence electrons. The maximum atomic E-state index is 10.5. The van der Waals surface area contributed by atoms with Crippen LogP contribution in [0.1, 0.15) is 10.4 Å². The summed E-state index contributed by atoms with van der Waals surface area (Å²) in [5.74, 6) is -2.06. The number of benzene rings is 1. The van der Waals surface area contributed by atoms with Crippen LogP contribution in [0.3, 0.4) is 0 Å². The lowest BCUT2D eigenvalue weighted by atomic mass is 10.2. The van der Waals surface area contributed by atoms with Gasteiger partial charge in [-0.05, 0) is 0 Å². The molecule has 0 heterocycles. The quantitative estimate of drug-likeness (QED) is 0.579. The number of nitro benzene ring substituents is 1. The minimum atomic E-state index is -1.46. The van der Waals surface area contributed by atoms with Gasteiger partial charge in [-0.1, -0.05) is 11.6 Å². The Morgan fingerprint density at radius 3 is 2.50 bits per heavy atom. The van der Waals surface area contributed by atoms with Crippen LogP contribution >= 0.6 is 11.6 Å². The molecular weight excluding hydrogens is 214 g/mol. The molecule has 6 nitrogen and oxygen atoms in total. The minimum Gasteiger partial charge on any atom is -0.507 e. The molecule has 0 saturated heterocycles. The van der Waals surface area contributed by atoms with Gasteiger partial charge in [-0.3, -0.25) is 10.1 Å². The molecule has 0 aliphatic rings. The molecule has 0 saturated carbocycles. The van der Waals surface area contributed by atoms with Crippen molar-refractivity contribution in [1.82, 2.24) is 0 Å². The van der Waals surface area contributed by atoms with E-state index < -0.39 is 27.9 Å². The van der Waals surface area contributed by atoms with Gasteiger partial charge in [-0.25, -0.2) is 4.79 Å². The average Bonchev–Trinajstić information content (AvgIpc) is 2.02. The molecule has 0 aliphatic heterocycles. The third-order valence-corrected chi connectivity index (χ3v) is 1.79. The number of carbonyl (C=O) groups is 1. The molecule has 0 aliphatic carbocycles. The molecule has 1 aromatic carbocycles. The highest BCUT2D eigenvalue weighted by atomic mass is 35.5. The second kappa shape index (κ2) is 3.51. The Morgan fingerprint density at radius 1 is 1.50 bits per heavy atom. The number of hydrogen-bond acceptors (Lipinski definition) is 4. The summed E-state index contributed by atoms with van der Waals surface area (Å²) in [4.78, 5) is 20.0. The number of phenols is 1.